The summed E-state index contributed by atoms with van der Waals surface area (Å²) in [6, 6.07) is 3.65. The quantitative estimate of drug-likeness (QED) is 0.459. The molecule has 0 radical (unpaired) electrons. The first-order chi connectivity index (χ1) is 13.4. The molecule has 1 fully saturated rings. The summed E-state index contributed by atoms with van der Waals surface area (Å²) in [7, 11) is 0. The lowest BCUT2D eigenvalue weighted by atomic mass is 9.80. The zero-order valence-electron chi connectivity index (χ0n) is 16.0. The lowest BCUT2D eigenvalue weighted by Gasteiger charge is -2.27. The molecule has 2 aromatic rings. The molecule has 0 nitrogen and oxygen atoms in total. The molecule has 0 bridgehead atoms. The Bertz CT molecular complexity index is 934. The molecule has 0 aromatic heterocycles. The maximum Gasteiger partial charge on any atom is 0.170 e. The second-order valence-electron chi connectivity index (χ2n) is 7.41. The van der Waals surface area contributed by atoms with Crippen molar-refractivity contribution in [2.75, 3.05) is 0 Å². The van der Waals surface area contributed by atoms with Crippen LogP contribution in [0.15, 0.2) is 30.1 Å². The first-order valence-electron chi connectivity index (χ1n) is 9.67. The van der Waals surface area contributed by atoms with Gasteiger partial charge < -0.3 is 0 Å². The van der Waals surface area contributed by atoms with Crippen LogP contribution >= 0.6 is 0 Å². The smallest absolute Gasteiger partial charge is 0.170 e. The van der Waals surface area contributed by atoms with Gasteiger partial charge in [-0.2, -0.15) is 0 Å². The fourth-order valence-electron chi connectivity index (χ4n) is 4.00. The van der Waals surface area contributed by atoms with E-state index in [4.69, 9.17) is 0 Å². The molecule has 28 heavy (non-hydrogen) atoms. The highest BCUT2D eigenvalue weighted by Crippen LogP contribution is 2.40. The van der Waals surface area contributed by atoms with Crippen LogP contribution in [0.4, 0.5) is 22.0 Å². The van der Waals surface area contributed by atoms with E-state index in [2.05, 4.69) is 6.92 Å². The van der Waals surface area contributed by atoms with Crippen LogP contribution in [0.3, 0.4) is 0 Å². The minimum absolute atomic E-state index is 0.0328. The first-order valence-corrected chi connectivity index (χ1v) is 9.67. The number of allylic oxidation sites excluding steroid dienone is 2. The number of hydrogen-bond donors (Lipinski definition) is 0. The van der Waals surface area contributed by atoms with E-state index in [9.17, 15) is 22.0 Å². The Labute approximate surface area is 161 Å². The third-order valence-corrected chi connectivity index (χ3v) is 5.73. The van der Waals surface area contributed by atoms with Crippen molar-refractivity contribution in [3.63, 3.8) is 0 Å². The Hall–Kier alpha value is -2.17. The van der Waals surface area contributed by atoms with Gasteiger partial charge in [0, 0.05) is 17.0 Å². The monoisotopic (exact) mass is 394 g/mol. The van der Waals surface area contributed by atoms with Gasteiger partial charge in [0.25, 0.3) is 0 Å². The van der Waals surface area contributed by atoms with Gasteiger partial charge in [0.1, 0.15) is 11.6 Å². The molecule has 1 aliphatic carbocycles. The molecule has 0 unspecified atom stereocenters. The first kappa shape index (κ1) is 20.6. The largest absolute Gasteiger partial charge is 0.208 e. The van der Waals surface area contributed by atoms with E-state index >= 15 is 0 Å². The van der Waals surface area contributed by atoms with Crippen molar-refractivity contribution in [2.24, 2.45) is 11.8 Å². The van der Waals surface area contributed by atoms with E-state index in [1.54, 1.807) is 6.92 Å². The molecular formula is C23H23F5. The number of fused-ring (bicyclic) bond motifs is 1. The normalized spacial score (nSPS) is 21.4. The van der Waals surface area contributed by atoms with E-state index in [0.717, 1.165) is 25.3 Å². The van der Waals surface area contributed by atoms with E-state index < -0.39 is 46.0 Å². The molecule has 3 rings (SSSR count). The minimum Gasteiger partial charge on any atom is -0.208 e. The summed E-state index contributed by atoms with van der Waals surface area (Å²) < 4.78 is 72.9. The van der Waals surface area contributed by atoms with Crippen LogP contribution in [0.1, 0.15) is 57.1 Å². The van der Waals surface area contributed by atoms with E-state index in [0.29, 0.717) is 18.8 Å². The van der Waals surface area contributed by atoms with E-state index in [-0.39, 0.29) is 10.9 Å². The molecule has 150 valence electrons. The van der Waals surface area contributed by atoms with Crippen LogP contribution in [-0.2, 0) is 0 Å². The summed E-state index contributed by atoms with van der Waals surface area (Å²) in [6.45, 7) is 3.71. The molecule has 2 aromatic carbocycles. The van der Waals surface area contributed by atoms with Crippen LogP contribution in [-0.4, -0.2) is 0 Å². The van der Waals surface area contributed by atoms with Gasteiger partial charge in [-0.3, -0.25) is 0 Å². The Kier molecular flexibility index (Phi) is 6.21. The van der Waals surface area contributed by atoms with Gasteiger partial charge in [-0.05, 0) is 56.0 Å². The van der Waals surface area contributed by atoms with E-state index in [1.807, 2.05) is 0 Å². The fraction of sp³-hybridized carbons (Fsp3) is 0.391. The Balaban J connectivity index is 2.05. The number of benzene rings is 2. The van der Waals surface area contributed by atoms with Crippen molar-refractivity contribution in [1.29, 1.82) is 0 Å². The van der Waals surface area contributed by atoms with Crippen LogP contribution in [0.2, 0.25) is 0 Å². The summed E-state index contributed by atoms with van der Waals surface area (Å²) in [5, 5.41) is -0.578. The zero-order chi connectivity index (χ0) is 20.4. The highest BCUT2D eigenvalue weighted by Gasteiger charge is 2.28. The van der Waals surface area contributed by atoms with Crippen molar-refractivity contribution < 1.29 is 22.0 Å². The average Bonchev–Trinajstić information content (AvgIpc) is 2.71. The van der Waals surface area contributed by atoms with Crippen LogP contribution in [0, 0.1) is 29.3 Å². The van der Waals surface area contributed by atoms with Gasteiger partial charge in [-0.15, -0.1) is 0 Å². The van der Waals surface area contributed by atoms with Crippen LogP contribution in [0.5, 0.6) is 0 Å². The predicted octanol–water partition coefficient (Wildman–Crippen LogP) is 8.11. The van der Waals surface area contributed by atoms with Gasteiger partial charge in [0.15, 0.2) is 17.5 Å². The third kappa shape index (κ3) is 3.71. The van der Waals surface area contributed by atoms with Gasteiger partial charge in [0.05, 0.1) is 5.39 Å². The van der Waals surface area contributed by atoms with Gasteiger partial charge >= 0.3 is 0 Å². The second-order valence-corrected chi connectivity index (χ2v) is 7.41. The molecular weight excluding hydrogens is 371 g/mol. The van der Waals surface area contributed by atoms with Crippen molar-refractivity contribution in [1.82, 2.24) is 0 Å². The highest BCUT2D eigenvalue weighted by molar-refractivity contribution is 5.89. The number of halogens is 5. The molecule has 0 N–H and O–H groups in total. The maximum absolute atomic E-state index is 14.9. The van der Waals surface area contributed by atoms with Gasteiger partial charge in [-0.25, -0.2) is 22.0 Å². The molecule has 0 aliphatic heterocycles. The fourth-order valence-corrected chi connectivity index (χ4v) is 4.00. The lowest BCUT2D eigenvalue weighted by Crippen LogP contribution is -2.15. The Morgan fingerprint density at radius 1 is 1.00 bits per heavy atom. The summed E-state index contributed by atoms with van der Waals surface area (Å²) in [4.78, 5) is 0. The topological polar surface area (TPSA) is 0 Å². The zero-order valence-corrected chi connectivity index (χ0v) is 16.0. The van der Waals surface area contributed by atoms with Crippen molar-refractivity contribution in [3.05, 3.63) is 58.7 Å². The summed E-state index contributed by atoms with van der Waals surface area (Å²) >= 11 is 0. The molecule has 1 aliphatic rings. The van der Waals surface area contributed by atoms with Crippen molar-refractivity contribution >= 4 is 22.7 Å². The summed E-state index contributed by atoms with van der Waals surface area (Å²) in [5.74, 6) is -6.32. The molecule has 5 heteroatoms. The molecule has 0 atom stereocenters. The standard InChI is InChI=1S/C23H23F5/c1-3-5-16-12-15-10-11-17(21(26)18(15)23(28)20(16)25)22(27)19(24)14-8-6-13(4-2)7-9-14/h3,5,10-14H,4,6-9H2,1-2H3/b5-3+,22-19?. The number of hydrogen-bond acceptors (Lipinski definition) is 0. The van der Waals surface area contributed by atoms with E-state index in [1.165, 1.54) is 24.3 Å². The minimum atomic E-state index is -1.40. The molecule has 0 spiro atoms. The second kappa shape index (κ2) is 8.46. The van der Waals surface area contributed by atoms with Crippen molar-refractivity contribution in [2.45, 2.75) is 46.0 Å². The van der Waals surface area contributed by atoms with Gasteiger partial charge in [-0.1, -0.05) is 31.6 Å². The molecule has 1 saturated carbocycles. The lowest BCUT2D eigenvalue weighted by molar-refractivity contribution is 0.268. The molecule has 0 heterocycles. The van der Waals surface area contributed by atoms with Crippen molar-refractivity contribution in [3.8, 4) is 0 Å². The van der Waals surface area contributed by atoms with Crippen LogP contribution in [0.25, 0.3) is 22.7 Å². The Morgan fingerprint density at radius 3 is 2.29 bits per heavy atom. The predicted molar refractivity (Wildman–Crippen MR) is 103 cm³/mol. The molecule has 0 amide bonds. The van der Waals surface area contributed by atoms with Crippen LogP contribution < -0.4 is 0 Å². The Morgan fingerprint density at radius 2 is 1.68 bits per heavy atom. The SMILES string of the molecule is C/C=C/c1cc2ccc(C(F)=C(F)C3CCC(CC)CC3)c(F)c2c(F)c1F. The highest BCUT2D eigenvalue weighted by atomic mass is 19.2. The maximum atomic E-state index is 14.9. The molecule has 0 saturated heterocycles. The number of rotatable bonds is 4. The summed E-state index contributed by atoms with van der Waals surface area (Å²) in [5.41, 5.74) is -0.700. The third-order valence-electron chi connectivity index (χ3n) is 5.73. The van der Waals surface area contributed by atoms with Gasteiger partial charge in [0.2, 0.25) is 0 Å². The summed E-state index contributed by atoms with van der Waals surface area (Å²) in [6.07, 6.45) is 6.49. The average molecular weight is 394 g/mol.